The zero-order valence-electron chi connectivity index (χ0n) is 10.5. The highest BCUT2D eigenvalue weighted by Gasteiger charge is 2.14. The molecule has 1 unspecified atom stereocenters. The third-order valence-corrected chi connectivity index (χ3v) is 2.94. The van der Waals surface area contributed by atoms with Crippen LogP contribution >= 0.6 is 11.6 Å². The second-order valence-corrected chi connectivity index (χ2v) is 4.57. The Morgan fingerprint density at radius 1 is 1.44 bits per heavy atom. The quantitative estimate of drug-likeness (QED) is 0.893. The summed E-state index contributed by atoms with van der Waals surface area (Å²) in [5, 5.41) is 3.64. The summed E-state index contributed by atoms with van der Waals surface area (Å²) >= 11 is 6.01. The highest BCUT2D eigenvalue weighted by Crippen LogP contribution is 2.27. The highest BCUT2D eigenvalue weighted by molar-refractivity contribution is 6.32. The minimum atomic E-state index is 0.0225. The maximum absolute atomic E-state index is 6.01. The van der Waals surface area contributed by atoms with Crippen molar-refractivity contribution >= 4 is 23.4 Å². The molecular weight excluding hydrogens is 252 g/mol. The molecule has 0 radical (unpaired) electrons. The van der Waals surface area contributed by atoms with Gasteiger partial charge in [0.05, 0.1) is 12.2 Å². The number of nitrogens with zero attached hydrogens (tertiary/aromatic N) is 2. The van der Waals surface area contributed by atoms with Gasteiger partial charge in [-0.2, -0.15) is 4.98 Å². The third-order valence-electron chi connectivity index (χ3n) is 2.66. The summed E-state index contributed by atoms with van der Waals surface area (Å²) in [6.07, 6.45) is 1.48. The molecule has 18 heavy (non-hydrogen) atoms. The smallest absolute Gasteiger partial charge is 0.222 e. The molecule has 0 aromatic carbocycles. The number of nitrogens with two attached hydrogens (primary N) is 1. The first kappa shape index (κ1) is 12.7. The zero-order chi connectivity index (χ0) is 13.3. The van der Waals surface area contributed by atoms with Crippen LogP contribution in [-0.2, 0) is 0 Å². The molecule has 5 nitrogen and oxygen atoms in total. The highest BCUT2D eigenvalue weighted by atomic mass is 35.5. The molecule has 2 aromatic heterocycles. The number of anilines is 2. The molecule has 96 valence electrons. The molecule has 0 saturated carbocycles. The Labute approximate surface area is 110 Å². The molecule has 0 aliphatic carbocycles. The van der Waals surface area contributed by atoms with Gasteiger partial charge in [-0.05, 0) is 26.8 Å². The van der Waals surface area contributed by atoms with Crippen LogP contribution in [-0.4, -0.2) is 9.97 Å². The van der Waals surface area contributed by atoms with Crippen LogP contribution in [0.3, 0.4) is 0 Å². The molecule has 0 amide bonds. The molecule has 1 atom stereocenters. The van der Waals surface area contributed by atoms with Gasteiger partial charge in [0, 0.05) is 5.56 Å². The molecule has 0 aliphatic heterocycles. The van der Waals surface area contributed by atoms with E-state index in [2.05, 4.69) is 15.3 Å². The SMILES string of the molecule is Cc1cc(C(C)Nc2nc(N)ncc2Cl)c(C)o1. The molecule has 0 saturated heterocycles. The van der Waals surface area contributed by atoms with Crippen molar-refractivity contribution in [3.63, 3.8) is 0 Å². The first-order valence-corrected chi connectivity index (χ1v) is 5.96. The van der Waals surface area contributed by atoms with Crippen LogP contribution in [0.15, 0.2) is 16.7 Å². The van der Waals surface area contributed by atoms with E-state index >= 15 is 0 Å². The minimum Gasteiger partial charge on any atom is -0.466 e. The average molecular weight is 267 g/mol. The van der Waals surface area contributed by atoms with E-state index in [9.17, 15) is 0 Å². The minimum absolute atomic E-state index is 0.0225. The van der Waals surface area contributed by atoms with Crippen LogP contribution in [0.1, 0.15) is 30.0 Å². The molecule has 2 rings (SSSR count). The summed E-state index contributed by atoms with van der Waals surface area (Å²) in [7, 11) is 0. The summed E-state index contributed by atoms with van der Waals surface area (Å²) in [4.78, 5) is 7.88. The molecule has 0 spiro atoms. The van der Waals surface area contributed by atoms with Crippen LogP contribution in [0.2, 0.25) is 5.02 Å². The number of halogens is 1. The van der Waals surface area contributed by atoms with E-state index in [4.69, 9.17) is 21.8 Å². The lowest BCUT2D eigenvalue weighted by Crippen LogP contribution is -2.10. The lowest BCUT2D eigenvalue weighted by atomic mass is 10.1. The Hall–Kier alpha value is -1.75. The largest absolute Gasteiger partial charge is 0.466 e. The van der Waals surface area contributed by atoms with Crippen molar-refractivity contribution in [3.8, 4) is 0 Å². The van der Waals surface area contributed by atoms with Crippen molar-refractivity contribution < 1.29 is 4.42 Å². The Morgan fingerprint density at radius 3 is 2.78 bits per heavy atom. The summed E-state index contributed by atoms with van der Waals surface area (Å²) in [5.74, 6) is 2.47. The van der Waals surface area contributed by atoms with Crippen LogP contribution < -0.4 is 11.1 Å². The van der Waals surface area contributed by atoms with Gasteiger partial charge in [0.25, 0.3) is 0 Å². The fourth-order valence-electron chi connectivity index (χ4n) is 1.85. The topological polar surface area (TPSA) is 77.0 Å². The molecule has 6 heteroatoms. The standard InChI is InChI=1S/C12H15ClN4O/c1-6-4-9(8(3)18-6)7(2)16-11-10(13)5-15-12(14)17-11/h4-5,7H,1-3H3,(H3,14,15,16,17). The molecular formula is C12H15ClN4O. The fourth-order valence-corrected chi connectivity index (χ4v) is 1.99. The van der Waals surface area contributed by atoms with Gasteiger partial charge < -0.3 is 15.5 Å². The van der Waals surface area contributed by atoms with E-state index in [-0.39, 0.29) is 12.0 Å². The number of nitrogens with one attached hydrogen (secondary N) is 1. The van der Waals surface area contributed by atoms with Gasteiger partial charge in [0.15, 0.2) is 5.82 Å². The van der Waals surface area contributed by atoms with Gasteiger partial charge in [-0.25, -0.2) is 4.98 Å². The van der Waals surface area contributed by atoms with Crippen molar-refractivity contribution in [2.75, 3.05) is 11.1 Å². The summed E-state index contributed by atoms with van der Waals surface area (Å²) < 4.78 is 5.50. The first-order valence-electron chi connectivity index (χ1n) is 5.59. The van der Waals surface area contributed by atoms with E-state index in [0.717, 1.165) is 17.1 Å². The van der Waals surface area contributed by atoms with Gasteiger partial charge >= 0.3 is 0 Å². The molecule has 2 heterocycles. The maximum Gasteiger partial charge on any atom is 0.222 e. The van der Waals surface area contributed by atoms with Crippen molar-refractivity contribution in [1.82, 2.24) is 9.97 Å². The van der Waals surface area contributed by atoms with E-state index in [0.29, 0.717) is 10.8 Å². The molecule has 0 aliphatic rings. The predicted octanol–water partition coefficient (Wildman–Crippen LogP) is 3.10. The number of aromatic nitrogens is 2. The van der Waals surface area contributed by atoms with Gasteiger partial charge in [-0.15, -0.1) is 0 Å². The van der Waals surface area contributed by atoms with E-state index < -0.39 is 0 Å². The van der Waals surface area contributed by atoms with Crippen molar-refractivity contribution in [1.29, 1.82) is 0 Å². The molecule has 0 fully saturated rings. The third kappa shape index (κ3) is 2.56. The number of rotatable bonds is 3. The van der Waals surface area contributed by atoms with E-state index in [1.807, 2.05) is 26.8 Å². The van der Waals surface area contributed by atoms with Crippen LogP contribution in [0.25, 0.3) is 0 Å². The number of hydrogen-bond donors (Lipinski definition) is 2. The Bertz CT molecular complexity index is 567. The van der Waals surface area contributed by atoms with E-state index in [1.165, 1.54) is 6.20 Å². The van der Waals surface area contributed by atoms with Crippen molar-refractivity contribution in [2.45, 2.75) is 26.8 Å². The van der Waals surface area contributed by atoms with Crippen LogP contribution in [0.5, 0.6) is 0 Å². The average Bonchev–Trinajstić information content (AvgIpc) is 2.63. The fraction of sp³-hybridized carbons (Fsp3) is 0.333. The van der Waals surface area contributed by atoms with Gasteiger partial charge in [0.2, 0.25) is 5.95 Å². The van der Waals surface area contributed by atoms with Gasteiger partial charge in [-0.1, -0.05) is 11.6 Å². The predicted molar refractivity (Wildman–Crippen MR) is 71.7 cm³/mol. The normalized spacial score (nSPS) is 12.4. The number of nitrogen functional groups attached to an aromatic ring is 1. The number of hydrogen-bond acceptors (Lipinski definition) is 5. The van der Waals surface area contributed by atoms with Gasteiger partial charge in [-0.3, -0.25) is 0 Å². The zero-order valence-corrected chi connectivity index (χ0v) is 11.2. The number of aryl methyl sites for hydroxylation is 2. The Balaban J connectivity index is 2.23. The lowest BCUT2D eigenvalue weighted by molar-refractivity contribution is 0.500. The molecule has 2 aromatic rings. The Morgan fingerprint density at radius 2 is 2.17 bits per heavy atom. The van der Waals surface area contributed by atoms with Crippen LogP contribution in [0, 0.1) is 13.8 Å². The summed E-state index contributed by atoms with van der Waals surface area (Å²) in [6, 6.07) is 2.01. The Kier molecular flexibility index (Phi) is 3.43. The molecule has 3 N–H and O–H groups in total. The number of furan rings is 1. The van der Waals surface area contributed by atoms with Gasteiger partial charge in [0.1, 0.15) is 16.5 Å². The summed E-state index contributed by atoms with van der Waals surface area (Å²) in [6.45, 7) is 5.85. The second kappa shape index (κ2) is 4.86. The first-order chi connectivity index (χ1) is 8.47. The lowest BCUT2D eigenvalue weighted by Gasteiger charge is -2.14. The van der Waals surface area contributed by atoms with E-state index in [1.54, 1.807) is 0 Å². The monoisotopic (exact) mass is 266 g/mol. The van der Waals surface area contributed by atoms with Crippen LogP contribution in [0.4, 0.5) is 11.8 Å². The maximum atomic E-state index is 6.01. The molecule has 0 bridgehead atoms. The summed E-state index contributed by atoms with van der Waals surface area (Å²) in [5.41, 5.74) is 6.61. The second-order valence-electron chi connectivity index (χ2n) is 4.16. The van der Waals surface area contributed by atoms with Crippen molar-refractivity contribution in [2.24, 2.45) is 0 Å². The van der Waals surface area contributed by atoms with Crippen molar-refractivity contribution in [3.05, 3.63) is 34.4 Å².